The van der Waals surface area contributed by atoms with Crippen LogP contribution in [0.5, 0.6) is 5.75 Å². The average molecular weight is 267 g/mol. The molecule has 0 aromatic heterocycles. The van der Waals surface area contributed by atoms with E-state index in [0.717, 1.165) is 11.3 Å². The first kappa shape index (κ1) is 12.3. The standard InChI is InChI=1S/C13H11ClO2S/c1-2-11-7-9(13(16)17-11)5-8-6-10(14)3-4-12(8)15/h3-7,15H,2H2,1H3. The Balaban J connectivity index is 2.39. The molecular weight excluding hydrogens is 256 g/mol. The first-order chi connectivity index (χ1) is 8.10. The molecule has 0 saturated heterocycles. The zero-order valence-corrected chi connectivity index (χ0v) is 10.8. The molecule has 1 aliphatic rings. The van der Waals surface area contributed by atoms with Gasteiger partial charge in [0.15, 0.2) is 0 Å². The third kappa shape index (κ3) is 2.73. The fourth-order valence-corrected chi connectivity index (χ4v) is 2.51. The third-order valence-electron chi connectivity index (χ3n) is 2.43. The highest BCUT2D eigenvalue weighted by Gasteiger charge is 2.18. The van der Waals surface area contributed by atoms with Crippen molar-refractivity contribution in [3.05, 3.63) is 45.3 Å². The van der Waals surface area contributed by atoms with Crippen molar-refractivity contribution in [2.75, 3.05) is 0 Å². The smallest absolute Gasteiger partial charge is 0.223 e. The van der Waals surface area contributed by atoms with Gasteiger partial charge in [0.05, 0.1) is 0 Å². The first-order valence-electron chi connectivity index (χ1n) is 5.23. The van der Waals surface area contributed by atoms with Gasteiger partial charge in [-0.05, 0) is 41.7 Å². The summed E-state index contributed by atoms with van der Waals surface area (Å²) in [5, 5.41) is 10.2. The molecule has 1 aliphatic heterocycles. The van der Waals surface area contributed by atoms with Gasteiger partial charge in [0.2, 0.25) is 5.12 Å². The van der Waals surface area contributed by atoms with Crippen LogP contribution in [0, 0.1) is 0 Å². The summed E-state index contributed by atoms with van der Waals surface area (Å²) < 4.78 is 0. The summed E-state index contributed by atoms with van der Waals surface area (Å²) in [5.41, 5.74) is 1.17. The number of benzene rings is 1. The fraction of sp³-hybridized carbons (Fsp3) is 0.154. The molecule has 0 bridgehead atoms. The van der Waals surface area contributed by atoms with E-state index in [1.54, 1.807) is 18.2 Å². The highest BCUT2D eigenvalue weighted by molar-refractivity contribution is 8.17. The molecule has 0 spiro atoms. The Bertz CT molecular complexity index is 532. The van der Waals surface area contributed by atoms with Gasteiger partial charge in [0, 0.05) is 16.2 Å². The van der Waals surface area contributed by atoms with Gasteiger partial charge >= 0.3 is 0 Å². The van der Waals surface area contributed by atoms with Gasteiger partial charge in [0.1, 0.15) is 5.75 Å². The summed E-state index contributed by atoms with van der Waals surface area (Å²) in [7, 11) is 0. The van der Waals surface area contributed by atoms with Crippen molar-refractivity contribution in [1.29, 1.82) is 0 Å². The van der Waals surface area contributed by atoms with E-state index < -0.39 is 0 Å². The molecule has 0 fully saturated rings. The van der Waals surface area contributed by atoms with E-state index in [1.807, 2.05) is 13.0 Å². The van der Waals surface area contributed by atoms with E-state index in [0.29, 0.717) is 16.2 Å². The topological polar surface area (TPSA) is 37.3 Å². The number of halogens is 1. The van der Waals surface area contributed by atoms with Crippen LogP contribution >= 0.6 is 23.4 Å². The minimum atomic E-state index is 0.0150. The molecule has 0 radical (unpaired) electrons. The highest BCUT2D eigenvalue weighted by atomic mass is 35.5. The normalized spacial score (nSPS) is 17.6. The molecule has 17 heavy (non-hydrogen) atoms. The van der Waals surface area contributed by atoms with Crippen LogP contribution in [0.15, 0.2) is 34.8 Å². The molecular formula is C13H11ClO2S. The van der Waals surface area contributed by atoms with E-state index in [-0.39, 0.29) is 10.9 Å². The van der Waals surface area contributed by atoms with Gasteiger partial charge in [-0.1, -0.05) is 30.3 Å². The second-order valence-corrected chi connectivity index (χ2v) is 5.19. The van der Waals surface area contributed by atoms with Crippen molar-refractivity contribution >= 4 is 34.6 Å². The van der Waals surface area contributed by atoms with Crippen LogP contribution in [0.3, 0.4) is 0 Å². The maximum Gasteiger partial charge on any atom is 0.223 e. The number of carbonyl (C=O) groups excluding carboxylic acids is 1. The molecule has 2 rings (SSSR count). The van der Waals surface area contributed by atoms with Crippen LogP contribution < -0.4 is 0 Å². The minimum Gasteiger partial charge on any atom is -0.507 e. The average Bonchev–Trinajstić information content (AvgIpc) is 2.65. The summed E-state index contributed by atoms with van der Waals surface area (Å²) in [6.45, 7) is 2.01. The number of carbonyl (C=O) groups is 1. The molecule has 88 valence electrons. The van der Waals surface area contributed by atoms with Crippen molar-refractivity contribution in [2.45, 2.75) is 13.3 Å². The number of aromatic hydroxyl groups is 1. The Morgan fingerprint density at radius 1 is 1.47 bits per heavy atom. The molecule has 1 N–H and O–H groups in total. The number of hydrogen-bond donors (Lipinski definition) is 1. The van der Waals surface area contributed by atoms with Gasteiger partial charge in [-0.15, -0.1) is 0 Å². The first-order valence-corrected chi connectivity index (χ1v) is 6.42. The second-order valence-electron chi connectivity index (χ2n) is 3.66. The Labute approximate surface area is 109 Å². The number of allylic oxidation sites excluding steroid dienone is 2. The van der Waals surface area contributed by atoms with Crippen molar-refractivity contribution in [3.63, 3.8) is 0 Å². The number of phenolic OH excluding ortho intramolecular Hbond substituents is 1. The van der Waals surface area contributed by atoms with Crippen molar-refractivity contribution in [1.82, 2.24) is 0 Å². The largest absolute Gasteiger partial charge is 0.507 e. The lowest BCUT2D eigenvalue weighted by Crippen LogP contribution is -1.87. The Morgan fingerprint density at radius 2 is 2.24 bits per heavy atom. The Morgan fingerprint density at radius 3 is 2.88 bits per heavy atom. The van der Waals surface area contributed by atoms with E-state index in [1.165, 1.54) is 17.8 Å². The molecule has 1 aromatic carbocycles. The minimum absolute atomic E-state index is 0.0150. The molecule has 0 aliphatic carbocycles. The second kappa shape index (κ2) is 4.98. The van der Waals surface area contributed by atoms with Crippen LogP contribution in [0.2, 0.25) is 5.02 Å². The Kier molecular flexibility index (Phi) is 3.60. The predicted molar refractivity (Wildman–Crippen MR) is 72.1 cm³/mol. The lowest BCUT2D eigenvalue weighted by molar-refractivity contribution is -0.107. The van der Waals surface area contributed by atoms with Crippen LogP contribution in [0.1, 0.15) is 18.9 Å². The van der Waals surface area contributed by atoms with E-state index >= 15 is 0 Å². The van der Waals surface area contributed by atoms with Crippen LogP contribution in [-0.2, 0) is 4.79 Å². The van der Waals surface area contributed by atoms with Gasteiger partial charge < -0.3 is 5.11 Å². The van der Waals surface area contributed by atoms with Crippen LogP contribution in [-0.4, -0.2) is 10.2 Å². The summed E-state index contributed by atoms with van der Waals surface area (Å²) in [6.07, 6.45) is 4.36. The molecule has 0 saturated carbocycles. The number of phenols is 1. The number of hydrogen-bond acceptors (Lipinski definition) is 3. The maximum atomic E-state index is 11.7. The Hall–Kier alpha value is -1.19. The van der Waals surface area contributed by atoms with E-state index in [9.17, 15) is 9.90 Å². The molecule has 2 nitrogen and oxygen atoms in total. The van der Waals surface area contributed by atoms with Gasteiger partial charge in [0.25, 0.3) is 0 Å². The summed E-state index contributed by atoms with van der Waals surface area (Å²) >= 11 is 7.09. The zero-order valence-electron chi connectivity index (χ0n) is 9.24. The van der Waals surface area contributed by atoms with Crippen LogP contribution in [0.4, 0.5) is 0 Å². The van der Waals surface area contributed by atoms with Gasteiger partial charge in [-0.3, -0.25) is 4.79 Å². The third-order valence-corrected chi connectivity index (χ3v) is 3.75. The van der Waals surface area contributed by atoms with E-state index in [2.05, 4.69) is 0 Å². The van der Waals surface area contributed by atoms with Crippen molar-refractivity contribution in [2.24, 2.45) is 0 Å². The molecule has 0 amide bonds. The van der Waals surface area contributed by atoms with E-state index in [4.69, 9.17) is 11.6 Å². The lowest BCUT2D eigenvalue weighted by atomic mass is 10.1. The van der Waals surface area contributed by atoms with Crippen molar-refractivity contribution in [3.8, 4) is 5.75 Å². The number of rotatable bonds is 2. The summed E-state index contributed by atoms with van der Waals surface area (Å²) in [6, 6.07) is 4.77. The lowest BCUT2D eigenvalue weighted by Gasteiger charge is -2.00. The highest BCUT2D eigenvalue weighted by Crippen LogP contribution is 2.34. The number of thioether (sulfide) groups is 1. The van der Waals surface area contributed by atoms with Crippen molar-refractivity contribution < 1.29 is 9.90 Å². The van der Waals surface area contributed by atoms with Gasteiger partial charge in [-0.2, -0.15) is 0 Å². The molecule has 0 atom stereocenters. The SMILES string of the molecule is CCC1=CC(=Cc2cc(Cl)ccc2O)C(=O)S1. The molecule has 4 heteroatoms. The molecule has 0 unspecified atom stereocenters. The predicted octanol–water partition coefficient (Wildman–Crippen LogP) is 4.00. The maximum absolute atomic E-state index is 11.7. The van der Waals surface area contributed by atoms with Crippen LogP contribution in [0.25, 0.3) is 6.08 Å². The molecule has 1 heterocycles. The fourth-order valence-electron chi connectivity index (χ4n) is 1.52. The molecule has 1 aromatic rings. The monoisotopic (exact) mass is 266 g/mol. The van der Waals surface area contributed by atoms with Gasteiger partial charge in [-0.25, -0.2) is 0 Å². The summed E-state index contributed by atoms with van der Waals surface area (Å²) in [5.74, 6) is 0.123. The quantitative estimate of drug-likeness (QED) is 0.822. The summed E-state index contributed by atoms with van der Waals surface area (Å²) in [4.78, 5) is 12.7. The zero-order chi connectivity index (χ0) is 12.4.